The molecule has 0 aliphatic carbocycles. The maximum Gasteiger partial charge on any atom is 0.221 e. The summed E-state index contributed by atoms with van der Waals surface area (Å²) in [6.45, 7) is 4.61. The fourth-order valence-electron chi connectivity index (χ4n) is 2.07. The first-order chi connectivity index (χ1) is 9.78. The first kappa shape index (κ1) is 14.5. The van der Waals surface area contributed by atoms with Gasteiger partial charge in [0.15, 0.2) is 0 Å². The molecule has 2 rings (SSSR count). The predicted molar refractivity (Wildman–Crippen MR) is 74.9 cm³/mol. The van der Waals surface area contributed by atoms with Crippen LogP contribution in [-0.2, 0) is 16.1 Å². The first-order valence-electron chi connectivity index (χ1n) is 6.84. The normalized spacial score (nSPS) is 15.6. The first-order valence-corrected chi connectivity index (χ1v) is 6.84. The summed E-state index contributed by atoms with van der Waals surface area (Å²) < 4.78 is 5.27. The molecular formula is C15H19N3O2. The van der Waals surface area contributed by atoms with Crippen molar-refractivity contribution in [2.75, 3.05) is 32.8 Å². The van der Waals surface area contributed by atoms with Gasteiger partial charge in [0.2, 0.25) is 5.91 Å². The van der Waals surface area contributed by atoms with Crippen molar-refractivity contribution in [2.24, 2.45) is 0 Å². The Bertz CT molecular complexity index is 473. The minimum Gasteiger partial charge on any atom is -0.379 e. The summed E-state index contributed by atoms with van der Waals surface area (Å²) in [4.78, 5) is 14.0. The van der Waals surface area contributed by atoms with E-state index >= 15 is 0 Å². The van der Waals surface area contributed by atoms with Crippen LogP contribution in [0, 0.1) is 11.3 Å². The van der Waals surface area contributed by atoms with Crippen molar-refractivity contribution in [1.82, 2.24) is 10.2 Å². The van der Waals surface area contributed by atoms with E-state index in [1.807, 2.05) is 12.1 Å². The van der Waals surface area contributed by atoms with Crippen molar-refractivity contribution in [3.05, 3.63) is 35.4 Å². The van der Waals surface area contributed by atoms with Crippen molar-refractivity contribution in [3.63, 3.8) is 0 Å². The number of benzene rings is 1. The summed E-state index contributed by atoms with van der Waals surface area (Å²) in [5.74, 6) is 0.0563. The second-order valence-electron chi connectivity index (χ2n) is 4.79. The average molecular weight is 273 g/mol. The molecule has 0 unspecified atom stereocenters. The number of carbonyl (C=O) groups excluding carboxylic acids is 1. The number of hydrogen-bond donors (Lipinski definition) is 1. The highest BCUT2D eigenvalue weighted by Gasteiger charge is 2.11. The minimum atomic E-state index is 0.0563. The molecule has 0 aromatic heterocycles. The lowest BCUT2D eigenvalue weighted by Crippen LogP contribution is -2.38. The molecule has 0 atom stereocenters. The van der Waals surface area contributed by atoms with Gasteiger partial charge in [0.25, 0.3) is 0 Å². The minimum absolute atomic E-state index is 0.0563. The Balaban J connectivity index is 1.67. The Morgan fingerprint density at radius 3 is 2.65 bits per heavy atom. The van der Waals surface area contributed by atoms with E-state index < -0.39 is 0 Å². The van der Waals surface area contributed by atoms with Gasteiger partial charge in [-0.05, 0) is 17.7 Å². The maximum atomic E-state index is 11.8. The second-order valence-corrected chi connectivity index (χ2v) is 4.79. The maximum absolute atomic E-state index is 11.8. The van der Waals surface area contributed by atoms with Crippen LogP contribution in [0.4, 0.5) is 0 Å². The molecule has 1 heterocycles. The average Bonchev–Trinajstić information content (AvgIpc) is 2.52. The van der Waals surface area contributed by atoms with Gasteiger partial charge in [-0.25, -0.2) is 0 Å². The predicted octanol–water partition coefficient (Wildman–Crippen LogP) is 0.897. The number of nitrogens with zero attached hydrogens (tertiary/aromatic N) is 2. The van der Waals surface area contributed by atoms with E-state index in [4.69, 9.17) is 10.00 Å². The quantitative estimate of drug-likeness (QED) is 0.865. The van der Waals surface area contributed by atoms with Crippen LogP contribution in [0.15, 0.2) is 24.3 Å². The van der Waals surface area contributed by atoms with Crippen LogP contribution in [0.1, 0.15) is 17.5 Å². The third kappa shape index (κ3) is 4.65. The van der Waals surface area contributed by atoms with E-state index in [0.717, 1.165) is 38.4 Å². The number of nitriles is 1. The third-order valence-electron chi connectivity index (χ3n) is 3.33. The molecule has 1 saturated heterocycles. The van der Waals surface area contributed by atoms with E-state index in [9.17, 15) is 4.79 Å². The highest BCUT2D eigenvalue weighted by molar-refractivity contribution is 5.76. The molecule has 1 aromatic carbocycles. The van der Waals surface area contributed by atoms with Crippen LogP contribution in [0.3, 0.4) is 0 Å². The molecule has 1 amide bonds. The Labute approximate surface area is 119 Å². The van der Waals surface area contributed by atoms with Crippen LogP contribution in [0.2, 0.25) is 0 Å². The molecule has 1 aromatic rings. The lowest BCUT2D eigenvalue weighted by atomic mass is 10.1. The zero-order chi connectivity index (χ0) is 14.2. The van der Waals surface area contributed by atoms with Crippen LogP contribution in [0.25, 0.3) is 0 Å². The van der Waals surface area contributed by atoms with Gasteiger partial charge in [-0.2, -0.15) is 5.26 Å². The lowest BCUT2D eigenvalue weighted by molar-refractivity contribution is -0.121. The third-order valence-corrected chi connectivity index (χ3v) is 3.33. The molecular weight excluding hydrogens is 254 g/mol. The van der Waals surface area contributed by atoms with Gasteiger partial charge in [-0.3, -0.25) is 9.69 Å². The van der Waals surface area contributed by atoms with Gasteiger partial charge in [0.05, 0.1) is 24.8 Å². The topological polar surface area (TPSA) is 65.4 Å². The standard InChI is InChI=1S/C15H19N3O2/c16-11-13-1-3-14(4-2-13)12-17-15(19)5-6-18-7-9-20-10-8-18/h1-4H,5-10,12H2,(H,17,19). The fraction of sp³-hybridized carbons (Fsp3) is 0.467. The largest absolute Gasteiger partial charge is 0.379 e. The molecule has 1 aliphatic rings. The van der Waals surface area contributed by atoms with E-state index in [0.29, 0.717) is 18.5 Å². The summed E-state index contributed by atoms with van der Waals surface area (Å²) >= 11 is 0. The summed E-state index contributed by atoms with van der Waals surface area (Å²) in [5.41, 5.74) is 1.64. The van der Waals surface area contributed by atoms with Crippen molar-refractivity contribution in [1.29, 1.82) is 5.26 Å². The van der Waals surface area contributed by atoms with Gasteiger partial charge in [0.1, 0.15) is 0 Å². The number of ether oxygens (including phenoxy) is 1. The zero-order valence-corrected chi connectivity index (χ0v) is 11.5. The smallest absolute Gasteiger partial charge is 0.221 e. The fourth-order valence-corrected chi connectivity index (χ4v) is 2.07. The van der Waals surface area contributed by atoms with E-state index in [1.54, 1.807) is 12.1 Å². The molecule has 0 spiro atoms. The Hall–Kier alpha value is -1.90. The molecule has 0 saturated carbocycles. The Morgan fingerprint density at radius 1 is 1.30 bits per heavy atom. The van der Waals surface area contributed by atoms with Crippen LogP contribution in [0.5, 0.6) is 0 Å². The van der Waals surface area contributed by atoms with Crippen LogP contribution < -0.4 is 5.32 Å². The molecule has 5 heteroatoms. The van der Waals surface area contributed by atoms with Crippen molar-refractivity contribution >= 4 is 5.91 Å². The van der Waals surface area contributed by atoms with Crippen LogP contribution >= 0.6 is 0 Å². The van der Waals surface area contributed by atoms with Crippen molar-refractivity contribution in [3.8, 4) is 6.07 Å². The summed E-state index contributed by atoms with van der Waals surface area (Å²) in [6.07, 6.45) is 0.510. The van der Waals surface area contributed by atoms with Crippen molar-refractivity contribution in [2.45, 2.75) is 13.0 Å². The number of rotatable bonds is 5. The van der Waals surface area contributed by atoms with Gasteiger partial charge >= 0.3 is 0 Å². The highest BCUT2D eigenvalue weighted by atomic mass is 16.5. The molecule has 1 N–H and O–H groups in total. The van der Waals surface area contributed by atoms with Gasteiger partial charge in [-0.1, -0.05) is 12.1 Å². The van der Waals surface area contributed by atoms with E-state index in [-0.39, 0.29) is 5.91 Å². The Morgan fingerprint density at radius 2 is 2.00 bits per heavy atom. The van der Waals surface area contributed by atoms with Crippen LogP contribution in [-0.4, -0.2) is 43.7 Å². The monoisotopic (exact) mass is 273 g/mol. The molecule has 1 aliphatic heterocycles. The Kier molecular flexibility index (Phi) is 5.54. The van der Waals surface area contributed by atoms with Crippen molar-refractivity contribution < 1.29 is 9.53 Å². The number of hydrogen-bond acceptors (Lipinski definition) is 4. The molecule has 20 heavy (non-hydrogen) atoms. The molecule has 1 fully saturated rings. The van der Waals surface area contributed by atoms with E-state index in [1.165, 1.54) is 0 Å². The number of amides is 1. The second kappa shape index (κ2) is 7.63. The summed E-state index contributed by atoms with van der Waals surface area (Å²) in [7, 11) is 0. The number of nitrogens with one attached hydrogen (secondary N) is 1. The summed E-state index contributed by atoms with van der Waals surface area (Å²) in [5, 5.41) is 11.6. The molecule has 0 radical (unpaired) electrons. The van der Waals surface area contributed by atoms with Gasteiger partial charge < -0.3 is 10.1 Å². The number of carbonyl (C=O) groups is 1. The highest BCUT2D eigenvalue weighted by Crippen LogP contribution is 2.03. The molecule has 106 valence electrons. The van der Waals surface area contributed by atoms with Gasteiger partial charge in [-0.15, -0.1) is 0 Å². The van der Waals surface area contributed by atoms with Gasteiger partial charge in [0, 0.05) is 32.6 Å². The molecule has 0 bridgehead atoms. The number of morpholine rings is 1. The zero-order valence-electron chi connectivity index (χ0n) is 11.5. The van der Waals surface area contributed by atoms with E-state index in [2.05, 4.69) is 16.3 Å². The lowest BCUT2D eigenvalue weighted by Gasteiger charge is -2.26. The summed E-state index contributed by atoms with van der Waals surface area (Å²) in [6, 6.07) is 9.31. The SMILES string of the molecule is N#Cc1ccc(CNC(=O)CCN2CCOCC2)cc1. The molecule has 5 nitrogen and oxygen atoms in total.